The van der Waals surface area contributed by atoms with Crippen molar-refractivity contribution in [3.05, 3.63) is 12.2 Å². The Bertz CT molecular complexity index is 526. The van der Waals surface area contributed by atoms with E-state index in [1.165, 1.54) is 0 Å². The van der Waals surface area contributed by atoms with E-state index in [0.717, 1.165) is 13.0 Å². The quantitative estimate of drug-likeness (QED) is 0.527. The standard InChI is InChI=1S/C18H25F3O3/c1-4-5-8-17(3,18(19,20)21)15(22)7-6-12-11(2)9-14-13(12)10-16(23)24-14/h6-7,11-14H,4-5,8-10H2,1-3H3/b7-6+. The van der Waals surface area contributed by atoms with Gasteiger partial charge in [0.05, 0.1) is 6.42 Å². The van der Waals surface area contributed by atoms with Crippen LogP contribution in [0, 0.1) is 23.2 Å². The molecule has 2 rings (SSSR count). The fourth-order valence-electron chi connectivity index (χ4n) is 3.83. The van der Waals surface area contributed by atoms with Gasteiger partial charge in [0.25, 0.3) is 0 Å². The van der Waals surface area contributed by atoms with Crippen LogP contribution in [0.15, 0.2) is 12.2 Å². The molecule has 6 heteroatoms. The van der Waals surface area contributed by atoms with Crippen molar-refractivity contribution < 1.29 is 27.5 Å². The summed E-state index contributed by atoms with van der Waals surface area (Å²) in [5.41, 5.74) is -2.34. The number of fused-ring (bicyclic) bond motifs is 1. The van der Waals surface area contributed by atoms with E-state index in [-0.39, 0.29) is 42.7 Å². The van der Waals surface area contributed by atoms with Crippen LogP contribution in [0.3, 0.4) is 0 Å². The summed E-state index contributed by atoms with van der Waals surface area (Å²) in [6.07, 6.45) is -0.328. The van der Waals surface area contributed by atoms with Gasteiger partial charge in [0, 0.05) is 5.92 Å². The lowest BCUT2D eigenvalue weighted by Gasteiger charge is -2.29. The second kappa shape index (κ2) is 6.89. The van der Waals surface area contributed by atoms with E-state index in [9.17, 15) is 22.8 Å². The zero-order valence-corrected chi connectivity index (χ0v) is 14.4. The summed E-state index contributed by atoms with van der Waals surface area (Å²) in [7, 11) is 0. The highest BCUT2D eigenvalue weighted by Crippen LogP contribution is 2.46. The van der Waals surface area contributed by atoms with Gasteiger partial charge in [-0.2, -0.15) is 13.2 Å². The minimum absolute atomic E-state index is 0.0238. The molecule has 0 aromatic heterocycles. The van der Waals surface area contributed by atoms with E-state index in [4.69, 9.17) is 4.74 Å². The number of ether oxygens (including phenoxy) is 1. The maximum atomic E-state index is 13.4. The molecule has 0 spiro atoms. The molecule has 5 atom stereocenters. The Morgan fingerprint density at radius 2 is 2.04 bits per heavy atom. The van der Waals surface area contributed by atoms with Crippen LogP contribution in [-0.2, 0) is 14.3 Å². The highest BCUT2D eigenvalue weighted by molar-refractivity contribution is 5.95. The Balaban J connectivity index is 2.14. The van der Waals surface area contributed by atoms with Crippen molar-refractivity contribution in [3.8, 4) is 0 Å². The molecule has 24 heavy (non-hydrogen) atoms. The number of allylic oxidation sites excluding steroid dienone is 2. The van der Waals surface area contributed by atoms with Crippen molar-refractivity contribution >= 4 is 11.8 Å². The maximum Gasteiger partial charge on any atom is 0.401 e. The molecule has 0 aromatic rings. The van der Waals surface area contributed by atoms with E-state index in [2.05, 4.69) is 0 Å². The fourth-order valence-corrected chi connectivity index (χ4v) is 3.83. The first kappa shape index (κ1) is 19.0. The van der Waals surface area contributed by atoms with Crippen molar-refractivity contribution in [2.45, 2.75) is 65.2 Å². The number of rotatable bonds is 6. The average Bonchev–Trinajstić information content (AvgIpc) is 2.96. The lowest BCUT2D eigenvalue weighted by Crippen LogP contribution is -2.41. The largest absolute Gasteiger partial charge is 0.462 e. The highest BCUT2D eigenvalue weighted by atomic mass is 19.4. The molecule has 5 unspecified atom stereocenters. The summed E-state index contributed by atoms with van der Waals surface area (Å²) in [5.74, 6) is -1.09. The van der Waals surface area contributed by atoms with E-state index in [0.29, 0.717) is 19.3 Å². The van der Waals surface area contributed by atoms with E-state index >= 15 is 0 Å². The zero-order valence-electron chi connectivity index (χ0n) is 14.4. The van der Waals surface area contributed by atoms with Crippen molar-refractivity contribution in [3.63, 3.8) is 0 Å². The summed E-state index contributed by atoms with van der Waals surface area (Å²) in [6, 6.07) is 0. The van der Waals surface area contributed by atoms with Crippen molar-refractivity contribution in [1.29, 1.82) is 0 Å². The number of esters is 1. The number of unbranched alkanes of at least 4 members (excludes halogenated alkanes) is 1. The van der Waals surface area contributed by atoms with E-state index in [1.54, 1.807) is 13.0 Å². The number of alkyl halides is 3. The molecule has 0 radical (unpaired) electrons. The smallest absolute Gasteiger partial charge is 0.401 e. The molecule has 0 bridgehead atoms. The molecule has 0 amide bonds. The maximum absolute atomic E-state index is 13.4. The normalized spacial score (nSPS) is 32.7. The SMILES string of the molecule is CCCCC(C)(C(=O)/C=C/C1C(C)CC2OC(=O)CC21)C(F)(F)F. The lowest BCUT2D eigenvalue weighted by atomic mass is 9.78. The Morgan fingerprint density at radius 1 is 1.38 bits per heavy atom. The predicted octanol–water partition coefficient (Wildman–Crippen LogP) is 4.46. The first-order valence-corrected chi connectivity index (χ1v) is 8.59. The topological polar surface area (TPSA) is 43.4 Å². The van der Waals surface area contributed by atoms with Crippen LogP contribution in [-0.4, -0.2) is 24.0 Å². The molecule has 1 saturated heterocycles. The third kappa shape index (κ3) is 3.52. The minimum Gasteiger partial charge on any atom is -0.462 e. The Morgan fingerprint density at radius 3 is 2.62 bits per heavy atom. The monoisotopic (exact) mass is 346 g/mol. The number of carbonyl (C=O) groups excluding carboxylic acids is 2. The molecule has 0 N–H and O–H groups in total. The van der Waals surface area contributed by atoms with Gasteiger partial charge in [0.2, 0.25) is 0 Å². The van der Waals surface area contributed by atoms with Gasteiger partial charge < -0.3 is 4.74 Å². The van der Waals surface area contributed by atoms with Gasteiger partial charge in [-0.3, -0.25) is 9.59 Å². The van der Waals surface area contributed by atoms with Crippen LogP contribution in [0.1, 0.15) is 52.9 Å². The van der Waals surface area contributed by atoms with Crippen LogP contribution in [0.25, 0.3) is 0 Å². The van der Waals surface area contributed by atoms with Crippen LogP contribution < -0.4 is 0 Å². The molecule has 3 nitrogen and oxygen atoms in total. The summed E-state index contributed by atoms with van der Waals surface area (Å²) in [6.45, 7) is 4.76. The van der Waals surface area contributed by atoms with Gasteiger partial charge in [0.1, 0.15) is 11.5 Å². The molecule has 0 aromatic carbocycles. The third-order valence-corrected chi connectivity index (χ3v) is 5.59. The van der Waals surface area contributed by atoms with Crippen LogP contribution in [0.2, 0.25) is 0 Å². The first-order valence-electron chi connectivity index (χ1n) is 8.59. The van der Waals surface area contributed by atoms with E-state index in [1.807, 2.05) is 6.92 Å². The average molecular weight is 346 g/mol. The minimum atomic E-state index is -4.57. The molecule has 2 aliphatic rings. The second-order valence-corrected chi connectivity index (χ2v) is 7.34. The van der Waals surface area contributed by atoms with Gasteiger partial charge >= 0.3 is 12.1 Å². The molecule has 1 aliphatic heterocycles. The number of carbonyl (C=O) groups is 2. The molecule has 1 aliphatic carbocycles. The van der Waals surface area contributed by atoms with Crippen molar-refractivity contribution in [2.75, 3.05) is 0 Å². The van der Waals surface area contributed by atoms with Crippen molar-refractivity contribution in [1.82, 2.24) is 0 Å². The predicted molar refractivity (Wildman–Crippen MR) is 83.1 cm³/mol. The van der Waals surface area contributed by atoms with Gasteiger partial charge in [0.15, 0.2) is 5.78 Å². The molecule has 1 saturated carbocycles. The number of hydrogen-bond donors (Lipinski definition) is 0. The van der Waals surface area contributed by atoms with Gasteiger partial charge in [-0.25, -0.2) is 0 Å². The summed E-state index contributed by atoms with van der Waals surface area (Å²) in [4.78, 5) is 23.7. The summed E-state index contributed by atoms with van der Waals surface area (Å²) >= 11 is 0. The lowest BCUT2D eigenvalue weighted by molar-refractivity contribution is -0.215. The van der Waals surface area contributed by atoms with Crippen LogP contribution in [0.4, 0.5) is 13.2 Å². The van der Waals surface area contributed by atoms with Crippen molar-refractivity contribution in [2.24, 2.45) is 23.2 Å². The van der Waals surface area contributed by atoms with Gasteiger partial charge in [-0.05, 0) is 37.7 Å². The fraction of sp³-hybridized carbons (Fsp3) is 0.778. The molecule has 2 fully saturated rings. The first-order chi connectivity index (χ1) is 11.1. The Labute approximate surface area is 140 Å². The molecule has 1 heterocycles. The van der Waals surface area contributed by atoms with Crippen LogP contribution in [0.5, 0.6) is 0 Å². The highest BCUT2D eigenvalue weighted by Gasteiger charge is 2.55. The van der Waals surface area contributed by atoms with E-state index < -0.39 is 17.4 Å². The van der Waals surface area contributed by atoms with Gasteiger partial charge in [-0.1, -0.05) is 32.8 Å². The summed E-state index contributed by atoms with van der Waals surface area (Å²) in [5, 5.41) is 0. The summed E-state index contributed by atoms with van der Waals surface area (Å²) < 4.78 is 45.4. The molecular formula is C18H25F3O3. The Hall–Kier alpha value is -1.33. The number of hydrogen-bond acceptors (Lipinski definition) is 3. The Kier molecular flexibility index (Phi) is 5.45. The molecule has 136 valence electrons. The third-order valence-electron chi connectivity index (χ3n) is 5.59. The van der Waals surface area contributed by atoms with Gasteiger partial charge in [-0.15, -0.1) is 0 Å². The number of ketones is 1. The number of halogens is 3. The molecular weight excluding hydrogens is 321 g/mol. The zero-order chi connectivity index (χ0) is 18.1. The second-order valence-electron chi connectivity index (χ2n) is 7.34. The van der Waals surface area contributed by atoms with Crippen LogP contribution >= 0.6 is 0 Å².